The lowest BCUT2D eigenvalue weighted by Crippen LogP contribution is -2.24. The van der Waals surface area contributed by atoms with Crippen LogP contribution < -0.4 is 17.2 Å². The van der Waals surface area contributed by atoms with Crippen LogP contribution in [-0.4, -0.2) is 24.8 Å². The number of anilines is 1. The number of carbonyl (C=O) groups excluding carboxylic acids is 2. The zero-order valence-electron chi connectivity index (χ0n) is 8.38. The van der Waals surface area contributed by atoms with Crippen LogP contribution in [0.2, 0.25) is 0 Å². The van der Waals surface area contributed by atoms with Gasteiger partial charge in [-0.3, -0.25) is 14.1 Å². The first-order chi connectivity index (χ1) is 7.66. The highest BCUT2D eigenvalue weighted by atomic mass is 32.2. The number of nitrogens with two attached hydrogens (primary N) is 3. The highest BCUT2D eigenvalue weighted by Gasteiger charge is 2.27. The van der Waals surface area contributed by atoms with Crippen molar-refractivity contribution in [2.24, 2.45) is 11.5 Å². The standard InChI is InChI=1S/C8H9N3O5S/c9-4-2-1-3(7(10)12)5(8(11)13)6(4)17(14,15)16/h1-2H,9H2,(H2,10,12)(H2,11,13)(H,14,15,16). The number of rotatable bonds is 3. The fourth-order valence-electron chi connectivity index (χ4n) is 1.33. The molecule has 0 aliphatic rings. The number of benzene rings is 1. The summed E-state index contributed by atoms with van der Waals surface area (Å²) >= 11 is 0. The number of carbonyl (C=O) groups is 2. The third-order valence-corrected chi connectivity index (χ3v) is 2.91. The topological polar surface area (TPSA) is 167 Å². The van der Waals surface area contributed by atoms with Gasteiger partial charge in [-0.25, -0.2) is 0 Å². The molecule has 92 valence electrons. The minimum Gasteiger partial charge on any atom is -0.398 e. The molecule has 17 heavy (non-hydrogen) atoms. The molecule has 0 bridgehead atoms. The summed E-state index contributed by atoms with van der Waals surface area (Å²) in [6.07, 6.45) is 0. The quantitative estimate of drug-likeness (QED) is 0.389. The van der Waals surface area contributed by atoms with Crippen molar-refractivity contribution in [2.45, 2.75) is 4.90 Å². The first-order valence-corrected chi connectivity index (χ1v) is 5.60. The van der Waals surface area contributed by atoms with E-state index in [9.17, 15) is 18.0 Å². The smallest absolute Gasteiger partial charge is 0.297 e. The Bertz CT molecular complexity index is 608. The van der Waals surface area contributed by atoms with E-state index in [1.54, 1.807) is 0 Å². The van der Waals surface area contributed by atoms with Crippen LogP contribution in [0, 0.1) is 0 Å². The molecule has 0 aliphatic heterocycles. The van der Waals surface area contributed by atoms with Gasteiger partial charge in [-0.15, -0.1) is 0 Å². The minimum atomic E-state index is -4.80. The van der Waals surface area contributed by atoms with Crippen molar-refractivity contribution in [3.05, 3.63) is 23.3 Å². The monoisotopic (exact) mass is 259 g/mol. The normalized spacial score (nSPS) is 11.1. The van der Waals surface area contributed by atoms with E-state index in [2.05, 4.69) is 0 Å². The summed E-state index contributed by atoms with van der Waals surface area (Å²) in [4.78, 5) is 21.2. The van der Waals surface area contributed by atoms with Gasteiger partial charge in [0, 0.05) is 0 Å². The maximum atomic E-state index is 11.1. The Balaban J connectivity index is 3.86. The number of hydrogen-bond acceptors (Lipinski definition) is 5. The van der Waals surface area contributed by atoms with Gasteiger partial charge in [0.2, 0.25) is 5.91 Å². The number of amides is 2. The van der Waals surface area contributed by atoms with Gasteiger partial charge in [-0.2, -0.15) is 8.42 Å². The van der Waals surface area contributed by atoms with Crippen LogP contribution in [0.25, 0.3) is 0 Å². The van der Waals surface area contributed by atoms with Gasteiger partial charge in [0.05, 0.1) is 16.8 Å². The highest BCUT2D eigenvalue weighted by Crippen LogP contribution is 2.25. The number of primary amides is 2. The van der Waals surface area contributed by atoms with Crippen molar-refractivity contribution in [3.8, 4) is 0 Å². The van der Waals surface area contributed by atoms with Crippen LogP contribution in [0.15, 0.2) is 17.0 Å². The van der Waals surface area contributed by atoms with Gasteiger partial charge in [0.1, 0.15) is 4.90 Å². The van der Waals surface area contributed by atoms with Crippen LogP contribution >= 0.6 is 0 Å². The molecule has 0 unspecified atom stereocenters. The van der Waals surface area contributed by atoms with E-state index < -0.39 is 43.6 Å². The summed E-state index contributed by atoms with van der Waals surface area (Å²) in [5, 5.41) is 0. The Labute approximate surface area is 96.1 Å². The maximum absolute atomic E-state index is 11.1. The summed E-state index contributed by atoms with van der Waals surface area (Å²) in [6.45, 7) is 0. The number of hydrogen-bond donors (Lipinski definition) is 4. The van der Waals surface area contributed by atoms with Gasteiger partial charge >= 0.3 is 0 Å². The summed E-state index contributed by atoms with van der Waals surface area (Å²) in [5.41, 5.74) is 13.6. The van der Waals surface area contributed by atoms with Gasteiger partial charge in [-0.05, 0) is 12.1 Å². The summed E-state index contributed by atoms with van der Waals surface area (Å²) in [5.74, 6) is -2.30. The van der Waals surface area contributed by atoms with Crippen molar-refractivity contribution in [3.63, 3.8) is 0 Å². The Morgan fingerprint density at radius 2 is 1.65 bits per heavy atom. The van der Waals surface area contributed by atoms with Crippen LogP contribution in [0.4, 0.5) is 5.69 Å². The molecular formula is C8H9N3O5S. The number of nitrogen functional groups attached to an aromatic ring is 1. The fraction of sp³-hybridized carbons (Fsp3) is 0. The van der Waals surface area contributed by atoms with E-state index in [1.165, 1.54) is 0 Å². The Morgan fingerprint density at radius 1 is 1.12 bits per heavy atom. The molecule has 0 aromatic heterocycles. The molecule has 0 saturated carbocycles. The van der Waals surface area contributed by atoms with E-state index in [1.807, 2.05) is 0 Å². The molecule has 0 atom stereocenters. The second-order valence-corrected chi connectivity index (χ2v) is 4.47. The molecule has 1 rings (SSSR count). The van der Waals surface area contributed by atoms with Crippen LogP contribution in [0.5, 0.6) is 0 Å². The molecule has 0 radical (unpaired) electrons. The lowest BCUT2D eigenvalue weighted by atomic mass is 10.1. The third-order valence-electron chi connectivity index (χ3n) is 1.96. The van der Waals surface area contributed by atoms with Crippen molar-refractivity contribution < 1.29 is 22.6 Å². The second-order valence-electron chi connectivity index (χ2n) is 3.11. The van der Waals surface area contributed by atoms with E-state index in [4.69, 9.17) is 21.8 Å². The van der Waals surface area contributed by atoms with Crippen molar-refractivity contribution in [1.29, 1.82) is 0 Å². The molecule has 0 fully saturated rings. The Hall–Kier alpha value is -2.13. The van der Waals surface area contributed by atoms with Crippen LogP contribution in [0.3, 0.4) is 0 Å². The molecule has 2 amide bonds. The molecular weight excluding hydrogens is 250 g/mol. The Kier molecular flexibility index (Phi) is 3.07. The fourth-order valence-corrected chi connectivity index (χ4v) is 2.16. The highest BCUT2D eigenvalue weighted by molar-refractivity contribution is 7.86. The molecule has 8 nitrogen and oxygen atoms in total. The van der Waals surface area contributed by atoms with Crippen LogP contribution in [0.1, 0.15) is 20.7 Å². The predicted octanol–water partition coefficient (Wildman–Crippen LogP) is -1.29. The first-order valence-electron chi connectivity index (χ1n) is 4.15. The largest absolute Gasteiger partial charge is 0.398 e. The summed E-state index contributed by atoms with van der Waals surface area (Å²) < 4.78 is 31.1. The van der Waals surface area contributed by atoms with E-state index in [0.29, 0.717) is 0 Å². The van der Waals surface area contributed by atoms with Gasteiger partial charge < -0.3 is 17.2 Å². The molecule has 0 spiro atoms. The summed E-state index contributed by atoms with van der Waals surface area (Å²) in [6, 6.07) is 2.07. The summed E-state index contributed by atoms with van der Waals surface area (Å²) in [7, 11) is -4.80. The molecule has 1 aromatic carbocycles. The Morgan fingerprint density at radius 3 is 2.00 bits per heavy atom. The van der Waals surface area contributed by atoms with E-state index in [-0.39, 0.29) is 0 Å². The van der Waals surface area contributed by atoms with Crippen molar-refractivity contribution >= 4 is 27.6 Å². The third kappa shape index (κ3) is 2.34. The average Bonchev–Trinajstić information content (AvgIpc) is 2.14. The van der Waals surface area contributed by atoms with Gasteiger partial charge in [0.15, 0.2) is 0 Å². The molecule has 0 aliphatic carbocycles. The van der Waals surface area contributed by atoms with E-state index in [0.717, 1.165) is 12.1 Å². The zero-order chi connectivity index (χ0) is 13.4. The van der Waals surface area contributed by atoms with Crippen molar-refractivity contribution in [1.82, 2.24) is 0 Å². The lowest BCUT2D eigenvalue weighted by molar-refractivity contribution is 0.0965. The second kappa shape index (κ2) is 4.03. The molecule has 0 saturated heterocycles. The first kappa shape index (κ1) is 12.9. The molecule has 7 N–H and O–H groups in total. The lowest BCUT2D eigenvalue weighted by Gasteiger charge is -2.10. The zero-order valence-corrected chi connectivity index (χ0v) is 9.19. The minimum absolute atomic E-state index is 0.411. The van der Waals surface area contributed by atoms with Crippen LogP contribution in [-0.2, 0) is 10.1 Å². The van der Waals surface area contributed by atoms with Gasteiger partial charge in [0.25, 0.3) is 16.0 Å². The molecule has 0 heterocycles. The van der Waals surface area contributed by atoms with Crippen molar-refractivity contribution in [2.75, 3.05) is 5.73 Å². The van der Waals surface area contributed by atoms with E-state index >= 15 is 0 Å². The maximum Gasteiger partial charge on any atom is 0.297 e. The van der Waals surface area contributed by atoms with Gasteiger partial charge in [-0.1, -0.05) is 0 Å². The average molecular weight is 259 g/mol. The predicted molar refractivity (Wildman–Crippen MR) is 57.7 cm³/mol. The molecule has 1 aromatic rings. The SMILES string of the molecule is NC(=O)c1ccc(N)c(S(=O)(=O)O)c1C(N)=O. The molecule has 9 heteroatoms.